The molecule has 39 heavy (non-hydrogen) atoms. The molecule has 1 aromatic rings. The predicted molar refractivity (Wildman–Crippen MR) is 188 cm³/mol. The first-order chi connectivity index (χ1) is 17.9. The van der Waals surface area contributed by atoms with Gasteiger partial charge in [0, 0.05) is 33.8 Å². The zero-order valence-corrected chi connectivity index (χ0v) is 32.5. The average molecular weight is 634 g/mol. The van der Waals surface area contributed by atoms with Gasteiger partial charge in [0.1, 0.15) is 0 Å². The molecule has 0 aliphatic heterocycles. The van der Waals surface area contributed by atoms with Gasteiger partial charge in [0.15, 0.2) is 0 Å². The van der Waals surface area contributed by atoms with Gasteiger partial charge in [-0.3, -0.25) is 4.74 Å². The fraction of sp³-hybridized carbons (Fsp3) is 0.576. The largest absolute Gasteiger partial charge is 0.283 e. The Hall–Kier alpha value is -0.225. The first kappa shape index (κ1) is 38.8. The Morgan fingerprint density at radius 3 is 1.62 bits per heavy atom. The quantitative estimate of drug-likeness (QED) is 0.104. The van der Waals surface area contributed by atoms with Gasteiger partial charge in [-0.05, 0) is 11.6 Å². The van der Waals surface area contributed by atoms with E-state index >= 15 is 0 Å². The van der Waals surface area contributed by atoms with Crippen LogP contribution in [0.5, 0.6) is 0 Å². The van der Waals surface area contributed by atoms with Crippen LogP contribution in [0.4, 0.5) is 0 Å². The molecule has 6 heteroatoms. The maximum Gasteiger partial charge on any atom is 0.0873 e. The molecule has 0 radical (unpaired) electrons. The summed E-state index contributed by atoms with van der Waals surface area (Å²) >= 11 is 0. The van der Waals surface area contributed by atoms with Crippen LogP contribution in [0.2, 0.25) is 57.4 Å². The fourth-order valence-electron chi connectivity index (χ4n) is 6.62. The molecule has 0 fully saturated rings. The van der Waals surface area contributed by atoms with Gasteiger partial charge < -0.3 is 0 Å². The molecular weight excluding hydrogens is 573 g/mol. The van der Waals surface area contributed by atoms with E-state index in [2.05, 4.69) is 97.0 Å². The Morgan fingerprint density at radius 2 is 1.26 bits per heavy atom. The Balaban J connectivity index is 0.00000110. The van der Waals surface area contributed by atoms with E-state index in [1.165, 1.54) is 67.9 Å². The Morgan fingerprint density at radius 1 is 0.795 bits per heavy atom. The molecule has 0 bridgehead atoms. The minimum atomic E-state index is -1.44. The summed E-state index contributed by atoms with van der Waals surface area (Å²) < 4.78 is 6.08. The van der Waals surface area contributed by atoms with Gasteiger partial charge >= 0.3 is 0 Å². The van der Waals surface area contributed by atoms with Gasteiger partial charge in [-0.25, -0.2) is 0 Å². The van der Waals surface area contributed by atoms with E-state index in [1.54, 1.807) is 6.08 Å². The van der Waals surface area contributed by atoms with Crippen LogP contribution in [0.3, 0.4) is 0 Å². The van der Waals surface area contributed by atoms with E-state index in [9.17, 15) is 0 Å². The molecule has 218 valence electrons. The Bertz CT molecular complexity index is 921. The molecule has 0 heterocycles. The van der Waals surface area contributed by atoms with Crippen LogP contribution in [-0.4, -0.2) is 23.2 Å². The van der Waals surface area contributed by atoms with Gasteiger partial charge in [-0.1, -0.05) is 190 Å². The topological polar surface area (TPSA) is 12.4 Å². The molecular formula is C33H60NPSi3Ti. The third kappa shape index (κ3) is 11.2. The van der Waals surface area contributed by atoms with Crippen molar-refractivity contribution in [1.82, 2.24) is 0 Å². The summed E-state index contributed by atoms with van der Waals surface area (Å²) in [6, 6.07) is 14.7. The van der Waals surface area contributed by atoms with E-state index < -0.39 is 28.9 Å². The van der Waals surface area contributed by atoms with Crippen molar-refractivity contribution in [2.45, 2.75) is 123 Å². The molecule has 1 aliphatic carbocycles. The van der Waals surface area contributed by atoms with E-state index in [0.717, 1.165) is 6.42 Å². The first-order valence-electron chi connectivity index (χ1n) is 15.3. The Kier molecular flexibility index (Phi) is 18.9. The van der Waals surface area contributed by atoms with E-state index in [1.807, 2.05) is 30.4 Å². The van der Waals surface area contributed by atoms with Crippen LogP contribution in [0.25, 0.3) is 6.08 Å². The van der Waals surface area contributed by atoms with E-state index in [-0.39, 0.29) is 21.7 Å². The molecule has 0 spiro atoms. The summed E-state index contributed by atoms with van der Waals surface area (Å²) in [5, 5.41) is 0. The molecule has 0 aromatic heterocycles. The van der Waals surface area contributed by atoms with Crippen molar-refractivity contribution in [3.05, 3.63) is 78.6 Å². The Labute approximate surface area is 261 Å². The second kappa shape index (κ2) is 19.1. The number of hydrogen-bond acceptors (Lipinski definition) is 1. The molecule has 1 aliphatic rings. The normalized spacial score (nSPS) is 13.9. The number of rotatable bonds is 15. The molecule has 0 saturated carbocycles. The van der Waals surface area contributed by atoms with Crippen molar-refractivity contribution in [1.29, 1.82) is 0 Å². The van der Waals surface area contributed by atoms with Crippen LogP contribution >= 0.6 is 5.70 Å². The molecule has 0 atom stereocenters. The van der Waals surface area contributed by atoms with Crippen LogP contribution in [-0.2, 0) is 21.7 Å². The van der Waals surface area contributed by atoms with Crippen molar-refractivity contribution in [2.24, 2.45) is 4.74 Å². The fourth-order valence-corrected chi connectivity index (χ4v) is 90.5. The number of benzene rings is 1. The van der Waals surface area contributed by atoms with Gasteiger partial charge in [0.2, 0.25) is 0 Å². The summed E-state index contributed by atoms with van der Waals surface area (Å²) in [6.07, 6.45) is 22.0. The summed E-state index contributed by atoms with van der Waals surface area (Å²) in [5.41, 5.74) is 1.34. The molecule has 0 amide bonds. The molecule has 0 saturated heterocycles. The zero-order chi connectivity index (χ0) is 28.7. The van der Waals surface area contributed by atoms with Crippen LogP contribution in [0.15, 0.2) is 77.7 Å². The van der Waals surface area contributed by atoms with Crippen LogP contribution < -0.4 is 0 Å². The van der Waals surface area contributed by atoms with Crippen molar-refractivity contribution in [3.63, 3.8) is 0 Å². The summed E-state index contributed by atoms with van der Waals surface area (Å²) in [5.74, 6) is 0. The summed E-state index contributed by atoms with van der Waals surface area (Å²) in [4.78, 5) is 0. The maximum absolute atomic E-state index is 6.08. The van der Waals surface area contributed by atoms with Crippen molar-refractivity contribution < 1.29 is 21.7 Å². The van der Waals surface area contributed by atoms with E-state index in [0.29, 0.717) is 0 Å². The summed E-state index contributed by atoms with van der Waals surface area (Å²) in [6.45, 7) is 27.4. The monoisotopic (exact) mass is 633 g/mol. The van der Waals surface area contributed by atoms with Gasteiger partial charge in [-0.2, -0.15) is 0 Å². The summed E-state index contributed by atoms with van der Waals surface area (Å²) in [7, 11) is -4.33. The molecule has 1 nitrogen and oxygen atoms in total. The van der Waals surface area contributed by atoms with Gasteiger partial charge in [-0.15, -0.1) is 0 Å². The number of hydrogen-bond donors (Lipinski definition) is 0. The third-order valence-electron chi connectivity index (χ3n) is 8.31. The number of unbranched alkanes of at least 4 members (excludes halogenated alkanes) is 3. The van der Waals surface area contributed by atoms with Crippen LogP contribution in [0, 0.1) is 0 Å². The molecule has 0 N–H and O–H groups in total. The number of nitrogens with zero attached hydrogens (tertiary/aromatic N) is 1. The standard InChI is InChI=1S/C23H50NPSi3.C10H10.Ti/c1-10-13-20-26(4,5)25(24-23-18-16-17-19-23,27(6,7)21-14-11-2)28(8,9)22-15-12-3;1-2-3-7-10-8-5-4-6-9-10;/h16-18H,10-15,19-22H2,1-9H3;2-9H,1H2;. The first-order valence-corrected chi connectivity index (χ1v) is 29.2. The van der Waals surface area contributed by atoms with Gasteiger partial charge in [0.05, 0.1) is 23.2 Å². The minimum Gasteiger partial charge on any atom is -0.283 e. The SMILES string of the molecule is C=CC=Cc1ccccc1.CCCC[Si](C)(C)P(=NC1=CC=CC1)([Si](C)(C)CCCC)[Si](C)(C)CCCC.[Ti]. The van der Waals surface area contributed by atoms with E-state index in [4.69, 9.17) is 4.74 Å². The maximum atomic E-state index is 6.08. The smallest absolute Gasteiger partial charge is 0.0873 e. The van der Waals surface area contributed by atoms with Crippen molar-refractivity contribution in [3.8, 4) is 0 Å². The van der Waals surface area contributed by atoms with Crippen molar-refractivity contribution in [2.75, 3.05) is 0 Å². The second-order valence-corrected chi connectivity index (χ2v) is 47.4. The second-order valence-electron chi connectivity index (χ2n) is 12.8. The third-order valence-corrected chi connectivity index (χ3v) is 70.2. The predicted octanol–water partition coefficient (Wildman–Crippen LogP) is 12.9. The van der Waals surface area contributed by atoms with Crippen molar-refractivity contribution >= 4 is 35.0 Å². The van der Waals surface area contributed by atoms with Gasteiger partial charge in [0.25, 0.3) is 0 Å². The molecule has 0 unspecified atom stereocenters. The minimum absolute atomic E-state index is 0. The molecule has 1 aromatic carbocycles. The number of allylic oxidation sites excluding steroid dienone is 5. The average Bonchev–Trinajstić information content (AvgIpc) is 3.41. The van der Waals surface area contributed by atoms with Crippen LogP contribution in [0.1, 0.15) is 71.3 Å². The zero-order valence-electron chi connectivity index (χ0n) is 27.0. The molecule has 2 rings (SSSR count).